The average Bonchev–Trinajstić information content (AvgIpc) is 3.20. The summed E-state index contributed by atoms with van der Waals surface area (Å²) in [6, 6.07) is 13.1. The van der Waals surface area contributed by atoms with Crippen molar-refractivity contribution in [2.75, 3.05) is 37.9 Å². The van der Waals surface area contributed by atoms with Crippen LogP contribution < -0.4 is 20.1 Å². The lowest BCUT2D eigenvalue weighted by atomic mass is 10.1. The highest BCUT2D eigenvalue weighted by atomic mass is 35.5. The van der Waals surface area contributed by atoms with Gasteiger partial charge >= 0.3 is 0 Å². The van der Waals surface area contributed by atoms with Crippen LogP contribution in [0.3, 0.4) is 0 Å². The van der Waals surface area contributed by atoms with Crippen LogP contribution in [-0.2, 0) is 0 Å². The second-order valence-electron chi connectivity index (χ2n) is 7.96. The highest BCUT2D eigenvalue weighted by molar-refractivity contribution is 6.30. The highest BCUT2D eigenvalue weighted by Gasteiger charge is 2.23. The van der Waals surface area contributed by atoms with Crippen molar-refractivity contribution >= 4 is 34.4 Å². The fourth-order valence-electron chi connectivity index (χ4n) is 4.21. The van der Waals surface area contributed by atoms with E-state index in [1.165, 1.54) is 6.42 Å². The van der Waals surface area contributed by atoms with E-state index in [-0.39, 0.29) is 0 Å². The number of nitrogens with zero attached hydrogens (tertiary/aromatic N) is 5. The third-order valence-electron chi connectivity index (χ3n) is 5.92. The molecular formula is C24H25ClN6O2. The molecular weight excluding hydrogens is 440 g/mol. The molecule has 0 radical (unpaired) electrons. The molecule has 0 bridgehead atoms. The number of hydrogen-bond donors (Lipinski definition) is 1. The van der Waals surface area contributed by atoms with E-state index in [1.807, 2.05) is 42.5 Å². The molecule has 0 aliphatic carbocycles. The number of fused-ring (bicyclic) bond motifs is 1. The largest absolute Gasteiger partial charge is 0.493 e. The maximum Gasteiger partial charge on any atom is 0.228 e. The number of nitrogens with two attached hydrogens (primary N) is 1. The van der Waals surface area contributed by atoms with E-state index in [1.54, 1.807) is 18.9 Å². The third-order valence-corrected chi connectivity index (χ3v) is 6.18. The number of aromatic nitrogens is 4. The number of anilines is 2. The Morgan fingerprint density at radius 1 is 0.909 bits per heavy atom. The molecule has 4 aromatic rings. The van der Waals surface area contributed by atoms with E-state index in [0.29, 0.717) is 45.0 Å². The summed E-state index contributed by atoms with van der Waals surface area (Å²) in [5.74, 6) is 2.38. The zero-order valence-electron chi connectivity index (χ0n) is 18.6. The van der Waals surface area contributed by atoms with Gasteiger partial charge in [-0.3, -0.25) is 0 Å². The van der Waals surface area contributed by atoms with Gasteiger partial charge in [0.1, 0.15) is 5.82 Å². The van der Waals surface area contributed by atoms with Gasteiger partial charge in [-0.25, -0.2) is 9.67 Å². The van der Waals surface area contributed by atoms with Crippen LogP contribution in [0.5, 0.6) is 11.5 Å². The van der Waals surface area contributed by atoms with Gasteiger partial charge in [-0.1, -0.05) is 11.6 Å². The molecule has 5 rings (SSSR count). The lowest BCUT2D eigenvalue weighted by Crippen LogP contribution is -2.31. The normalized spacial score (nSPS) is 14.0. The summed E-state index contributed by atoms with van der Waals surface area (Å²) >= 11 is 6.07. The maximum absolute atomic E-state index is 6.62. The molecule has 1 saturated heterocycles. The van der Waals surface area contributed by atoms with Crippen molar-refractivity contribution in [1.29, 1.82) is 0 Å². The van der Waals surface area contributed by atoms with Crippen molar-refractivity contribution in [3.63, 3.8) is 0 Å². The van der Waals surface area contributed by atoms with Gasteiger partial charge < -0.3 is 20.1 Å². The highest BCUT2D eigenvalue weighted by Crippen LogP contribution is 2.37. The number of halogens is 1. The number of methoxy groups -OCH3 is 2. The zero-order chi connectivity index (χ0) is 22.9. The zero-order valence-corrected chi connectivity index (χ0v) is 19.3. The Labute approximate surface area is 196 Å². The quantitative estimate of drug-likeness (QED) is 0.456. The molecule has 0 saturated carbocycles. The predicted octanol–water partition coefficient (Wildman–Crippen LogP) is 4.73. The Balaban J connectivity index is 1.74. The van der Waals surface area contributed by atoms with Crippen LogP contribution in [0.1, 0.15) is 19.3 Å². The number of nitrogen functional groups attached to an aromatic ring is 1. The first kappa shape index (κ1) is 21.3. The molecule has 9 heteroatoms. The number of ether oxygens (including phenoxy) is 2. The van der Waals surface area contributed by atoms with E-state index in [0.717, 1.165) is 37.2 Å². The molecule has 1 fully saturated rings. The molecule has 0 spiro atoms. The Morgan fingerprint density at radius 2 is 1.64 bits per heavy atom. The minimum Gasteiger partial charge on any atom is -0.493 e. The molecule has 3 heterocycles. The Hall–Kier alpha value is -3.52. The van der Waals surface area contributed by atoms with Gasteiger partial charge in [0.15, 0.2) is 17.1 Å². The predicted molar refractivity (Wildman–Crippen MR) is 131 cm³/mol. The second-order valence-corrected chi connectivity index (χ2v) is 8.40. The molecule has 0 unspecified atom stereocenters. The number of hydrogen-bond acceptors (Lipinski definition) is 7. The first-order valence-corrected chi connectivity index (χ1v) is 11.3. The lowest BCUT2D eigenvalue weighted by molar-refractivity contribution is 0.355. The molecule has 1 aliphatic rings. The summed E-state index contributed by atoms with van der Waals surface area (Å²) in [6.45, 7) is 1.84. The summed E-state index contributed by atoms with van der Waals surface area (Å²) in [5, 5.41) is 6.08. The summed E-state index contributed by atoms with van der Waals surface area (Å²) in [4.78, 5) is 12.0. The number of rotatable bonds is 5. The van der Waals surface area contributed by atoms with E-state index >= 15 is 0 Å². The first-order valence-electron chi connectivity index (χ1n) is 10.9. The molecule has 2 aromatic carbocycles. The molecule has 33 heavy (non-hydrogen) atoms. The summed E-state index contributed by atoms with van der Waals surface area (Å²) < 4.78 is 12.6. The van der Waals surface area contributed by atoms with Crippen molar-refractivity contribution < 1.29 is 9.47 Å². The molecule has 0 amide bonds. The van der Waals surface area contributed by atoms with Gasteiger partial charge in [-0.05, 0) is 61.7 Å². The Kier molecular flexibility index (Phi) is 5.68. The lowest BCUT2D eigenvalue weighted by Gasteiger charge is -2.26. The van der Waals surface area contributed by atoms with Crippen molar-refractivity contribution in [1.82, 2.24) is 19.7 Å². The molecule has 2 aromatic heterocycles. The van der Waals surface area contributed by atoms with Crippen LogP contribution in [0.4, 0.5) is 11.8 Å². The number of piperidine rings is 1. The van der Waals surface area contributed by atoms with Crippen molar-refractivity contribution in [2.45, 2.75) is 19.3 Å². The maximum atomic E-state index is 6.62. The average molecular weight is 465 g/mol. The van der Waals surface area contributed by atoms with Crippen molar-refractivity contribution in [2.24, 2.45) is 0 Å². The Bertz CT molecular complexity index is 1300. The summed E-state index contributed by atoms with van der Waals surface area (Å²) in [7, 11) is 3.23. The SMILES string of the molecule is COc1ccc(-c2nc(N3CCCCC3)nc3nn(-c4ccc(Cl)cc4)c(N)c23)cc1OC. The molecule has 8 nitrogen and oxygen atoms in total. The van der Waals surface area contributed by atoms with E-state index in [9.17, 15) is 0 Å². The van der Waals surface area contributed by atoms with Gasteiger partial charge in [-0.15, -0.1) is 5.10 Å². The fraction of sp³-hybridized carbons (Fsp3) is 0.292. The van der Waals surface area contributed by atoms with Crippen LogP contribution in [-0.4, -0.2) is 47.1 Å². The molecule has 0 atom stereocenters. The topological polar surface area (TPSA) is 91.3 Å². The van der Waals surface area contributed by atoms with Gasteiger partial charge in [0, 0.05) is 23.7 Å². The monoisotopic (exact) mass is 464 g/mol. The first-order chi connectivity index (χ1) is 16.1. The van der Waals surface area contributed by atoms with E-state index < -0.39 is 0 Å². The van der Waals surface area contributed by atoms with Gasteiger partial charge in [0.05, 0.1) is 31.0 Å². The van der Waals surface area contributed by atoms with Crippen LogP contribution in [0, 0.1) is 0 Å². The third kappa shape index (κ3) is 3.91. The standard InChI is InChI=1S/C24H25ClN6O2/c1-32-18-11-6-15(14-19(18)33-2)21-20-22(26)31(17-9-7-16(25)8-10-17)29-23(20)28-24(27-21)30-12-4-3-5-13-30/h6-11,14H,3-5,12-13,26H2,1-2H3. The van der Waals surface area contributed by atoms with Gasteiger partial charge in [0.25, 0.3) is 0 Å². The number of benzene rings is 2. The summed E-state index contributed by atoms with van der Waals surface area (Å²) in [5.41, 5.74) is 9.52. The van der Waals surface area contributed by atoms with Gasteiger partial charge in [0.2, 0.25) is 5.95 Å². The van der Waals surface area contributed by atoms with Crippen LogP contribution in [0.2, 0.25) is 5.02 Å². The second kappa shape index (κ2) is 8.78. The van der Waals surface area contributed by atoms with Crippen molar-refractivity contribution in [3.05, 3.63) is 47.5 Å². The molecule has 170 valence electrons. The minimum absolute atomic E-state index is 0.460. The van der Waals surface area contributed by atoms with E-state index in [4.69, 9.17) is 41.9 Å². The van der Waals surface area contributed by atoms with Gasteiger partial charge in [-0.2, -0.15) is 4.98 Å². The van der Waals surface area contributed by atoms with Crippen molar-refractivity contribution in [3.8, 4) is 28.4 Å². The fourth-order valence-corrected chi connectivity index (χ4v) is 4.33. The molecule has 2 N–H and O–H groups in total. The minimum atomic E-state index is 0.460. The van der Waals surface area contributed by atoms with Crippen LogP contribution in [0.25, 0.3) is 28.0 Å². The summed E-state index contributed by atoms with van der Waals surface area (Å²) in [6.07, 6.45) is 3.46. The van der Waals surface area contributed by atoms with Crippen LogP contribution >= 0.6 is 11.6 Å². The Morgan fingerprint density at radius 3 is 2.33 bits per heavy atom. The smallest absolute Gasteiger partial charge is 0.228 e. The van der Waals surface area contributed by atoms with E-state index in [2.05, 4.69) is 4.90 Å². The molecule has 1 aliphatic heterocycles. The van der Waals surface area contributed by atoms with Crippen LogP contribution in [0.15, 0.2) is 42.5 Å².